The van der Waals surface area contributed by atoms with Crippen molar-refractivity contribution in [2.45, 2.75) is 4.90 Å². The van der Waals surface area contributed by atoms with Gasteiger partial charge in [-0.25, -0.2) is 8.42 Å². The number of hydrogen-bond donors (Lipinski definition) is 1. The molecule has 1 N–H and O–H groups in total. The smallest absolute Gasteiger partial charge is 0.255 e. The maximum Gasteiger partial charge on any atom is 0.255 e. The van der Waals surface area contributed by atoms with E-state index < -0.39 is 15.7 Å². The van der Waals surface area contributed by atoms with Crippen LogP contribution in [-0.2, 0) is 14.6 Å². The first-order valence-corrected chi connectivity index (χ1v) is 8.67. The second-order valence-electron chi connectivity index (χ2n) is 5.26. The SMILES string of the molecule is C=C(C(=O)Nc1ccc2c(c1)S(=O)(=O)C=C2)c1ccc(OC)cc1. The summed E-state index contributed by atoms with van der Waals surface area (Å²) in [7, 11) is -1.85. The number of carbonyl (C=O) groups excluding carboxylic acids is 1. The molecule has 0 atom stereocenters. The number of methoxy groups -OCH3 is 1. The van der Waals surface area contributed by atoms with Gasteiger partial charge in [0, 0.05) is 16.7 Å². The molecule has 0 aliphatic carbocycles. The first-order valence-electron chi connectivity index (χ1n) is 7.12. The van der Waals surface area contributed by atoms with Crippen molar-refractivity contribution in [2.24, 2.45) is 0 Å². The summed E-state index contributed by atoms with van der Waals surface area (Å²) in [5.74, 6) is 0.284. The summed E-state index contributed by atoms with van der Waals surface area (Å²) in [6, 6.07) is 11.7. The largest absolute Gasteiger partial charge is 0.497 e. The van der Waals surface area contributed by atoms with Crippen LogP contribution in [0.2, 0.25) is 0 Å². The Kier molecular flexibility index (Phi) is 3.99. The third-order valence-corrected chi connectivity index (χ3v) is 5.18. The lowest BCUT2D eigenvalue weighted by atomic mass is 10.1. The number of amides is 1. The fourth-order valence-corrected chi connectivity index (χ4v) is 3.59. The van der Waals surface area contributed by atoms with Crippen LogP contribution in [0.3, 0.4) is 0 Å². The van der Waals surface area contributed by atoms with Gasteiger partial charge in [0.05, 0.1) is 12.0 Å². The van der Waals surface area contributed by atoms with E-state index in [-0.39, 0.29) is 10.5 Å². The molecule has 0 saturated heterocycles. The van der Waals surface area contributed by atoms with E-state index in [4.69, 9.17) is 4.74 Å². The third-order valence-electron chi connectivity index (χ3n) is 3.72. The molecule has 0 bridgehead atoms. The number of nitrogens with one attached hydrogen (secondary N) is 1. The number of ether oxygens (including phenoxy) is 1. The van der Waals surface area contributed by atoms with Crippen molar-refractivity contribution < 1.29 is 17.9 Å². The van der Waals surface area contributed by atoms with Gasteiger partial charge < -0.3 is 10.1 Å². The molecule has 6 heteroatoms. The number of hydrogen-bond acceptors (Lipinski definition) is 4. The van der Waals surface area contributed by atoms with Crippen LogP contribution in [0.25, 0.3) is 11.6 Å². The Morgan fingerprint density at radius 1 is 1.12 bits per heavy atom. The van der Waals surface area contributed by atoms with Crippen molar-refractivity contribution in [3.63, 3.8) is 0 Å². The number of fused-ring (bicyclic) bond motifs is 1. The highest BCUT2D eigenvalue weighted by Crippen LogP contribution is 2.29. The fourth-order valence-electron chi connectivity index (χ4n) is 2.36. The van der Waals surface area contributed by atoms with Crippen molar-refractivity contribution in [3.05, 3.63) is 65.6 Å². The van der Waals surface area contributed by atoms with E-state index >= 15 is 0 Å². The van der Waals surface area contributed by atoms with Gasteiger partial charge in [-0.05, 0) is 41.5 Å². The van der Waals surface area contributed by atoms with Crippen molar-refractivity contribution >= 4 is 33.1 Å². The molecule has 0 unspecified atom stereocenters. The molecule has 0 saturated carbocycles. The minimum absolute atomic E-state index is 0.190. The number of carbonyl (C=O) groups is 1. The van der Waals surface area contributed by atoms with Crippen LogP contribution in [0.1, 0.15) is 11.1 Å². The van der Waals surface area contributed by atoms with Gasteiger partial charge in [-0.2, -0.15) is 0 Å². The number of benzene rings is 2. The van der Waals surface area contributed by atoms with Crippen molar-refractivity contribution in [3.8, 4) is 5.75 Å². The standard InChI is InChI=1S/C18H15NO4S/c1-12(13-4-7-16(23-2)8-5-13)18(20)19-15-6-3-14-9-10-24(21,22)17(14)11-15/h3-11H,1H2,2H3,(H,19,20). The molecule has 2 aromatic carbocycles. The number of rotatable bonds is 4. The molecule has 1 aliphatic rings. The van der Waals surface area contributed by atoms with Crippen LogP contribution in [0.5, 0.6) is 5.75 Å². The van der Waals surface area contributed by atoms with E-state index in [0.717, 1.165) is 5.41 Å². The molecule has 1 aliphatic heterocycles. The topological polar surface area (TPSA) is 72.5 Å². The molecular weight excluding hydrogens is 326 g/mol. The van der Waals surface area contributed by atoms with E-state index in [0.29, 0.717) is 22.6 Å². The zero-order chi connectivity index (χ0) is 17.3. The van der Waals surface area contributed by atoms with Crippen LogP contribution in [0, 0.1) is 0 Å². The Morgan fingerprint density at radius 2 is 1.83 bits per heavy atom. The summed E-state index contributed by atoms with van der Waals surface area (Å²) < 4.78 is 28.8. The molecule has 5 nitrogen and oxygen atoms in total. The lowest BCUT2D eigenvalue weighted by Gasteiger charge is -2.10. The van der Waals surface area contributed by atoms with E-state index in [1.165, 1.54) is 12.1 Å². The van der Waals surface area contributed by atoms with Crippen LogP contribution in [0.4, 0.5) is 5.69 Å². The van der Waals surface area contributed by atoms with Crippen LogP contribution >= 0.6 is 0 Å². The quantitative estimate of drug-likeness (QED) is 0.867. The summed E-state index contributed by atoms with van der Waals surface area (Å²) in [5, 5.41) is 3.83. The highest BCUT2D eigenvalue weighted by molar-refractivity contribution is 7.94. The van der Waals surface area contributed by atoms with Gasteiger partial charge >= 0.3 is 0 Å². The molecule has 1 heterocycles. The van der Waals surface area contributed by atoms with Crippen molar-refractivity contribution in [1.82, 2.24) is 0 Å². The lowest BCUT2D eigenvalue weighted by molar-refractivity contribution is -0.111. The van der Waals surface area contributed by atoms with E-state index in [1.54, 1.807) is 43.5 Å². The highest BCUT2D eigenvalue weighted by Gasteiger charge is 2.21. The van der Waals surface area contributed by atoms with Crippen molar-refractivity contribution in [2.75, 3.05) is 12.4 Å². The normalized spacial score (nSPS) is 14.0. The van der Waals surface area contributed by atoms with Crippen LogP contribution in [0.15, 0.2) is 59.3 Å². The van der Waals surface area contributed by atoms with Gasteiger partial charge in [0.1, 0.15) is 5.75 Å². The predicted molar refractivity (Wildman–Crippen MR) is 93.3 cm³/mol. The van der Waals surface area contributed by atoms with Crippen LogP contribution < -0.4 is 10.1 Å². The molecular formula is C18H15NO4S. The molecule has 0 aromatic heterocycles. The predicted octanol–water partition coefficient (Wildman–Crippen LogP) is 3.11. The van der Waals surface area contributed by atoms with Gasteiger partial charge in [-0.3, -0.25) is 4.79 Å². The zero-order valence-electron chi connectivity index (χ0n) is 12.9. The average molecular weight is 341 g/mol. The maximum atomic E-state index is 12.3. The molecule has 24 heavy (non-hydrogen) atoms. The summed E-state index contributed by atoms with van der Waals surface area (Å²) in [5.41, 5.74) is 1.95. The molecule has 0 spiro atoms. The summed E-state index contributed by atoms with van der Waals surface area (Å²) in [4.78, 5) is 12.5. The Balaban J connectivity index is 1.79. The molecule has 0 radical (unpaired) electrons. The third kappa shape index (κ3) is 2.96. The molecule has 0 fully saturated rings. The Bertz CT molecular complexity index is 957. The average Bonchev–Trinajstić information content (AvgIpc) is 2.89. The van der Waals surface area contributed by atoms with Gasteiger partial charge in [-0.15, -0.1) is 0 Å². The summed E-state index contributed by atoms with van der Waals surface area (Å²) in [6.07, 6.45) is 1.53. The molecule has 1 amide bonds. The minimum Gasteiger partial charge on any atom is -0.497 e. The fraction of sp³-hybridized carbons (Fsp3) is 0.0556. The second kappa shape index (κ2) is 5.98. The van der Waals surface area contributed by atoms with Crippen molar-refractivity contribution in [1.29, 1.82) is 0 Å². The molecule has 122 valence electrons. The van der Waals surface area contributed by atoms with E-state index in [2.05, 4.69) is 11.9 Å². The van der Waals surface area contributed by atoms with Gasteiger partial charge in [0.25, 0.3) is 5.91 Å². The zero-order valence-corrected chi connectivity index (χ0v) is 13.8. The van der Waals surface area contributed by atoms with E-state index in [1.807, 2.05) is 0 Å². The summed E-state index contributed by atoms with van der Waals surface area (Å²) in [6.45, 7) is 3.79. The molecule has 3 rings (SSSR count). The summed E-state index contributed by atoms with van der Waals surface area (Å²) >= 11 is 0. The first-order chi connectivity index (χ1) is 11.4. The van der Waals surface area contributed by atoms with Gasteiger partial charge in [0.15, 0.2) is 0 Å². The minimum atomic E-state index is -3.41. The van der Waals surface area contributed by atoms with Crippen LogP contribution in [-0.4, -0.2) is 21.4 Å². The second-order valence-corrected chi connectivity index (χ2v) is 7.06. The first kappa shape index (κ1) is 16.0. The Hall–Kier alpha value is -2.86. The lowest BCUT2D eigenvalue weighted by Crippen LogP contribution is -2.13. The molecule has 2 aromatic rings. The Labute approximate surface area is 140 Å². The monoisotopic (exact) mass is 341 g/mol. The Morgan fingerprint density at radius 3 is 2.50 bits per heavy atom. The highest BCUT2D eigenvalue weighted by atomic mass is 32.2. The van der Waals surface area contributed by atoms with E-state index in [9.17, 15) is 13.2 Å². The number of sulfone groups is 1. The maximum absolute atomic E-state index is 12.3. The van der Waals surface area contributed by atoms with Gasteiger partial charge in [-0.1, -0.05) is 24.8 Å². The number of anilines is 1. The van der Waals surface area contributed by atoms with Gasteiger partial charge in [0.2, 0.25) is 9.84 Å².